The molecule has 0 amide bonds. The van der Waals surface area contributed by atoms with Gasteiger partial charge in [0, 0.05) is 16.3 Å². The summed E-state index contributed by atoms with van der Waals surface area (Å²) in [5.74, 6) is 0.0437. The third kappa shape index (κ3) is 1.91. The normalized spacial score (nSPS) is 10.8. The molecule has 0 atom stereocenters. The lowest BCUT2D eigenvalue weighted by molar-refractivity contribution is 0.630. The molecule has 4 heteroatoms. The average Bonchev–Trinajstić information content (AvgIpc) is 2.43. The SMILES string of the molecule is Cc1ccc(F)c(-c2nnc(N)c3ccccc23)c1. The van der Waals surface area contributed by atoms with E-state index < -0.39 is 0 Å². The molecule has 0 saturated carbocycles. The van der Waals surface area contributed by atoms with Gasteiger partial charge in [0.1, 0.15) is 11.5 Å². The molecule has 2 aromatic carbocycles. The van der Waals surface area contributed by atoms with Crippen molar-refractivity contribution in [2.45, 2.75) is 6.92 Å². The van der Waals surface area contributed by atoms with Gasteiger partial charge in [0.2, 0.25) is 0 Å². The molecule has 0 spiro atoms. The number of hydrogen-bond donors (Lipinski definition) is 1. The van der Waals surface area contributed by atoms with Crippen LogP contribution in [-0.4, -0.2) is 10.2 Å². The lowest BCUT2D eigenvalue weighted by Gasteiger charge is -2.08. The first-order valence-electron chi connectivity index (χ1n) is 5.94. The minimum atomic E-state index is -0.310. The van der Waals surface area contributed by atoms with E-state index in [9.17, 15) is 4.39 Å². The Hall–Kier alpha value is -2.49. The van der Waals surface area contributed by atoms with E-state index in [1.807, 2.05) is 31.2 Å². The Morgan fingerprint density at radius 1 is 1.00 bits per heavy atom. The highest BCUT2D eigenvalue weighted by atomic mass is 19.1. The lowest BCUT2D eigenvalue weighted by Crippen LogP contribution is -1.98. The van der Waals surface area contributed by atoms with Gasteiger partial charge < -0.3 is 5.73 Å². The van der Waals surface area contributed by atoms with E-state index in [0.717, 1.165) is 16.3 Å². The predicted molar refractivity (Wildman–Crippen MR) is 74.1 cm³/mol. The van der Waals surface area contributed by atoms with Crippen LogP contribution in [0.15, 0.2) is 42.5 Å². The molecular formula is C15H12FN3. The molecule has 2 N–H and O–H groups in total. The van der Waals surface area contributed by atoms with Gasteiger partial charge in [0.15, 0.2) is 5.82 Å². The molecule has 1 heterocycles. The summed E-state index contributed by atoms with van der Waals surface area (Å²) in [6.45, 7) is 1.91. The number of anilines is 1. The van der Waals surface area contributed by atoms with Crippen LogP contribution < -0.4 is 5.73 Å². The third-order valence-electron chi connectivity index (χ3n) is 3.09. The van der Waals surface area contributed by atoms with Crippen molar-refractivity contribution in [3.8, 4) is 11.3 Å². The van der Waals surface area contributed by atoms with Crippen LogP contribution in [0.2, 0.25) is 0 Å². The molecule has 0 aliphatic heterocycles. The zero-order valence-electron chi connectivity index (χ0n) is 10.4. The fraction of sp³-hybridized carbons (Fsp3) is 0.0667. The second-order valence-corrected chi connectivity index (χ2v) is 4.46. The number of nitrogens with two attached hydrogens (primary N) is 1. The van der Waals surface area contributed by atoms with Crippen LogP contribution in [0, 0.1) is 12.7 Å². The number of benzene rings is 2. The summed E-state index contributed by atoms with van der Waals surface area (Å²) in [4.78, 5) is 0. The molecule has 1 aromatic heterocycles. The summed E-state index contributed by atoms with van der Waals surface area (Å²) in [5, 5.41) is 9.57. The summed E-state index contributed by atoms with van der Waals surface area (Å²) in [6.07, 6.45) is 0. The predicted octanol–water partition coefficient (Wildman–Crippen LogP) is 3.33. The first kappa shape index (κ1) is 11.6. The number of halogens is 1. The zero-order valence-corrected chi connectivity index (χ0v) is 10.4. The van der Waals surface area contributed by atoms with E-state index in [0.29, 0.717) is 17.1 Å². The molecule has 0 bridgehead atoms. The van der Waals surface area contributed by atoms with Crippen molar-refractivity contribution in [1.82, 2.24) is 10.2 Å². The molecular weight excluding hydrogens is 241 g/mol. The Kier molecular flexibility index (Phi) is 2.63. The lowest BCUT2D eigenvalue weighted by atomic mass is 10.0. The second kappa shape index (κ2) is 4.31. The van der Waals surface area contributed by atoms with Crippen molar-refractivity contribution in [2.24, 2.45) is 0 Å². The van der Waals surface area contributed by atoms with Crippen LogP contribution in [0.25, 0.3) is 22.0 Å². The molecule has 3 nitrogen and oxygen atoms in total. The topological polar surface area (TPSA) is 51.8 Å². The number of aromatic nitrogens is 2. The first-order chi connectivity index (χ1) is 9.16. The summed E-state index contributed by atoms with van der Waals surface area (Å²) in [7, 11) is 0. The minimum absolute atomic E-state index is 0.310. The van der Waals surface area contributed by atoms with E-state index >= 15 is 0 Å². The van der Waals surface area contributed by atoms with Crippen molar-refractivity contribution in [3.05, 3.63) is 53.8 Å². The quantitative estimate of drug-likeness (QED) is 0.723. The Morgan fingerprint density at radius 2 is 1.74 bits per heavy atom. The summed E-state index contributed by atoms with van der Waals surface area (Å²) < 4.78 is 14.0. The number of nitrogen functional groups attached to an aromatic ring is 1. The molecule has 3 aromatic rings. The van der Waals surface area contributed by atoms with Crippen LogP contribution in [0.5, 0.6) is 0 Å². The molecule has 0 aliphatic carbocycles. The highest BCUT2D eigenvalue weighted by molar-refractivity contribution is 5.99. The highest BCUT2D eigenvalue weighted by Gasteiger charge is 2.12. The summed E-state index contributed by atoms with van der Waals surface area (Å²) >= 11 is 0. The Bertz CT molecular complexity index is 768. The molecule has 0 aliphatic rings. The minimum Gasteiger partial charge on any atom is -0.382 e. The van der Waals surface area contributed by atoms with Gasteiger partial charge >= 0.3 is 0 Å². The maximum atomic E-state index is 14.0. The van der Waals surface area contributed by atoms with Gasteiger partial charge in [-0.2, -0.15) is 0 Å². The fourth-order valence-electron chi connectivity index (χ4n) is 2.14. The van der Waals surface area contributed by atoms with Gasteiger partial charge in [-0.3, -0.25) is 0 Å². The van der Waals surface area contributed by atoms with Gasteiger partial charge in [-0.15, -0.1) is 10.2 Å². The maximum absolute atomic E-state index is 14.0. The van der Waals surface area contributed by atoms with Gasteiger partial charge in [-0.25, -0.2) is 4.39 Å². The zero-order chi connectivity index (χ0) is 13.4. The van der Waals surface area contributed by atoms with Gasteiger partial charge in [-0.05, 0) is 19.1 Å². The Balaban J connectivity index is 2.37. The number of hydrogen-bond acceptors (Lipinski definition) is 3. The van der Waals surface area contributed by atoms with Gasteiger partial charge in [-0.1, -0.05) is 35.9 Å². The van der Waals surface area contributed by atoms with Crippen LogP contribution in [0.3, 0.4) is 0 Å². The first-order valence-corrected chi connectivity index (χ1v) is 5.94. The number of rotatable bonds is 1. The molecule has 0 unspecified atom stereocenters. The van der Waals surface area contributed by atoms with Crippen molar-refractivity contribution in [1.29, 1.82) is 0 Å². The highest BCUT2D eigenvalue weighted by Crippen LogP contribution is 2.30. The summed E-state index contributed by atoms with van der Waals surface area (Å²) in [5.41, 5.74) is 7.74. The van der Waals surface area contributed by atoms with Crippen molar-refractivity contribution in [2.75, 3.05) is 5.73 Å². The third-order valence-corrected chi connectivity index (χ3v) is 3.09. The van der Waals surface area contributed by atoms with E-state index in [2.05, 4.69) is 10.2 Å². The standard InChI is InChI=1S/C15H12FN3/c1-9-6-7-13(16)12(8-9)14-10-4-2-3-5-11(10)15(17)19-18-14/h2-8H,1H3,(H2,17,19). The maximum Gasteiger partial charge on any atom is 0.154 e. The molecule has 19 heavy (non-hydrogen) atoms. The van der Waals surface area contributed by atoms with Crippen LogP contribution in [0.1, 0.15) is 5.56 Å². The summed E-state index contributed by atoms with van der Waals surface area (Å²) in [6, 6.07) is 12.4. The van der Waals surface area contributed by atoms with Crippen molar-refractivity contribution in [3.63, 3.8) is 0 Å². The molecule has 0 saturated heterocycles. The molecule has 3 rings (SSSR count). The van der Waals surface area contributed by atoms with E-state index in [-0.39, 0.29) is 5.82 Å². The van der Waals surface area contributed by atoms with E-state index in [4.69, 9.17) is 5.73 Å². The number of aryl methyl sites for hydroxylation is 1. The van der Waals surface area contributed by atoms with E-state index in [1.165, 1.54) is 6.07 Å². The van der Waals surface area contributed by atoms with Gasteiger partial charge in [0.05, 0.1) is 0 Å². The monoisotopic (exact) mass is 253 g/mol. The average molecular weight is 253 g/mol. The second-order valence-electron chi connectivity index (χ2n) is 4.46. The van der Waals surface area contributed by atoms with E-state index in [1.54, 1.807) is 12.1 Å². The van der Waals surface area contributed by atoms with Crippen LogP contribution in [-0.2, 0) is 0 Å². The van der Waals surface area contributed by atoms with Gasteiger partial charge in [0.25, 0.3) is 0 Å². The Labute approximate surface area is 109 Å². The van der Waals surface area contributed by atoms with Crippen molar-refractivity contribution >= 4 is 16.6 Å². The van der Waals surface area contributed by atoms with Crippen molar-refractivity contribution < 1.29 is 4.39 Å². The molecule has 0 fully saturated rings. The Morgan fingerprint density at radius 3 is 2.53 bits per heavy atom. The van der Waals surface area contributed by atoms with Crippen LogP contribution in [0.4, 0.5) is 10.2 Å². The smallest absolute Gasteiger partial charge is 0.154 e. The largest absolute Gasteiger partial charge is 0.382 e. The number of fused-ring (bicyclic) bond motifs is 1. The fourth-order valence-corrected chi connectivity index (χ4v) is 2.14. The number of nitrogens with zero attached hydrogens (tertiary/aromatic N) is 2. The molecule has 0 radical (unpaired) electrons. The molecule has 94 valence electrons. The van der Waals surface area contributed by atoms with Crippen LogP contribution >= 0.6 is 0 Å².